The molecule has 6 nitrogen and oxygen atoms in total. The van der Waals surface area contributed by atoms with Crippen molar-refractivity contribution in [3.63, 3.8) is 0 Å². The zero-order chi connectivity index (χ0) is 16.2. The van der Waals surface area contributed by atoms with Crippen LogP contribution >= 0.6 is 0 Å². The highest BCUT2D eigenvalue weighted by molar-refractivity contribution is 6.13. The molecule has 0 bridgehead atoms. The van der Waals surface area contributed by atoms with Crippen LogP contribution in [0.3, 0.4) is 0 Å². The first-order chi connectivity index (χ1) is 11.2. The van der Waals surface area contributed by atoms with E-state index in [9.17, 15) is 14.7 Å². The van der Waals surface area contributed by atoms with Crippen LogP contribution < -0.4 is 4.90 Å². The molecule has 0 atom stereocenters. The van der Waals surface area contributed by atoms with Gasteiger partial charge in [0.25, 0.3) is 5.91 Å². The number of nitrogens with zero attached hydrogens (tertiary/aromatic N) is 2. The summed E-state index contributed by atoms with van der Waals surface area (Å²) in [6, 6.07) is 18.0. The maximum atomic E-state index is 12.9. The highest BCUT2D eigenvalue weighted by Crippen LogP contribution is 2.27. The summed E-state index contributed by atoms with van der Waals surface area (Å²) in [5, 5.41) is 9.18. The lowest BCUT2D eigenvalue weighted by Crippen LogP contribution is -2.27. The normalized spacial score (nSPS) is 10.3. The Bertz CT molecular complexity index is 789. The van der Waals surface area contributed by atoms with E-state index in [-0.39, 0.29) is 11.4 Å². The predicted octanol–water partition coefficient (Wildman–Crippen LogP) is 3.09. The summed E-state index contributed by atoms with van der Waals surface area (Å²) in [5.41, 5.74) is 0.892. The van der Waals surface area contributed by atoms with E-state index in [4.69, 9.17) is 0 Å². The number of rotatable bonds is 4. The SMILES string of the molecule is O=C(O)c1[nH]cnc1C(=O)N(c1ccccc1)c1ccccc1. The van der Waals surface area contributed by atoms with Crippen LogP contribution in [-0.4, -0.2) is 27.0 Å². The number of imidazole rings is 1. The van der Waals surface area contributed by atoms with E-state index < -0.39 is 11.9 Å². The maximum absolute atomic E-state index is 12.9. The number of H-pyrrole nitrogens is 1. The highest BCUT2D eigenvalue weighted by Gasteiger charge is 2.26. The number of aromatic amines is 1. The van der Waals surface area contributed by atoms with Gasteiger partial charge in [0.15, 0.2) is 11.4 Å². The summed E-state index contributed by atoms with van der Waals surface area (Å²) in [5.74, 6) is -1.74. The van der Waals surface area contributed by atoms with Crippen molar-refractivity contribution in [3.05, 3.63) is 78.4 Å². The number of aromatic nitrogens is 2. The Balaban J connectivity index is 2.11. The topological polar surface area (TPSA) is 86.3 Å². The van der Waals surface area contributed by atoms with Gasteiger partial charge in [-0.2, -0.15) is 0 Å². The summed E-state index contributed by atoms with van der Waals surface area (Å²) >= 11 is 0. The van der Waals surface area contributed by atoms with Gasteiger partial charge in [0, 0.05) is 11.4 Å². The molecule has 2 aromatic carbocycles. The van der Waals surface area contributed by atoms with Gasteiger partial charge in [-0.3, -0.25) is 9.69 Å². The van der Waals surface area contributed by atoms with E-state index >= 15 is 0 Å². The van der Waals surface area contributed by atoms with Gasteiger partial charge in [0.1, 0.15) is 0 Å². The fourth-order valence-electron chi connectivity index (χ4n) is 2.26. The first kappa shape index (κ1) is 14.5. The second kappa shape index (κ2) is 6.15. The van der Waals surface area contributed by atoms with Gasteiger partial charge in [0.05, 0.1) is 6.33 Å². The molecule has 3 aromatic rings. The summed E-state index contributed by atoms with van der Waals surface area (Å²) in [4.78, 5) is 32.0. The average molecular weight is 307 g/mol. The quantitative estimate of drug-likeness (QED) is 0.775. The number of carbonyl (C=O) groups excluding carboxylic acids is 1. The summed E-state index contributed by atoms with van der Waals surface area (Å²) in [6.45, 7) is 0. The molecule has 0 aliphatic heterocycles. The molecule has 1 amide bonds. The number of carboxylic acids is 1. The first-order valence-corrected chi connectivity index (χ1v) is 6.89. The molecular formula is C17H13N3O3. The molecule has 1 aromatic heterocycles. The Morgan fingerprint density at radius 2 is 1.43 bits per heavy atom. The number of anilines is 2. The van der Waals surface area contributed by atoms with Gasteiger partial charge in [0.2, 0.25) is 0 Å². The van der Waals surface area contributed by atoms with Crippen LogP contribution in [0.15, 0.2) is 67.0 Å². The smallest absolute Gasteiger partial charge is 0.354 e. The van der Waals surface area contributed by atoms with Crippen LogP contribution in [0.4, 0.5) is 11.4 Å². The fraction of sp³-hybridized carbons (Fsp3) is 0. The van der Waals surface area contributed by atoms with Crippen LogP contribution in [0.2, 0.25) is 0 Å². The molecule has 0 aliphatic carbocycles. The Kier molecular flexibility index (Phi) is 3.88. The number of para-hydroxylation sites is 2. The Labute approximate surface area is 132 Å². The van der Waals surface area contributed by atoms with Crippen molar-refractivity contribution in [2.75, 3.05) is 4.90 Å². The Hall–Kier alpha value is -3.41. The van der Waals surface area contributed by atoms with Crippen molar-refractivity contribution in [1.29, 1.82) is 0 Å². The van der Waals surface area contributed by atoms with Crippen molar-refractivity contribution < 1.29 is 14.7 Å². The number of aromatic carboxylic acids is 1. The van der Waals surface area contributed by atoms with Gasteiger partial charge in [-0.15, -0.1) is 0 Å². The Morgan fingerprint density at radius 1 is 0.913 bits per heavy atom. The van der Waals surface area contributed by atoms with Gasteiger partial charge >= 0.3 is 5.97 Å². The van der Waals surface area contributed by atoms with Gasteiger partial charge in [-0.25, -0.2) is 9.78 Å². The number of carbonyl (C=O) groups is 2. The number of hydrogen-bond donors (Lipinski definition) is 2. The number of amides is 1. The number of benzene rings is 2. The van der Waals surface area contributed by atoms with Gasteiger partial charge in [-0.05, 0) is 24.3 Å². The van der Waals surface area contributed by atoms with Crippen LogP contribution in [0, 0.1) is 0 Å². The molecule has 0 fully saturated rings. The monoisotopic (exact) mass is 307 g/mol. The molecule has 0 spiro atoms. The molecule has 6 heteroatoms. The summed E-state index contributed by atoms with van der Waals surface area (Å²) in [7, 11) is 0. The molecule has 0 radical (unpaired) electrons. The zero-order valence-corrected chi connectivity index (χ0v) is 12.0. The Morgan fingerprint density at radius 3 is 1.91 bits per heavy atom. The van der Waals surface area contributed by atoms with E-state index in [2.05, 4.69) is 9.97 Å². The maximum Gasteiger partial charge on any atom is 0.354 e. The lowest BCUT2D eigenvalue weighted by Gasteiger charge is -2.22. The van der Waals surface area contributed by atoms with Crippen molar-refractivity contribution in [3.8, 4) is 0 Å². The largest absolute Gasteiger partial charge is 0.477 e. The fourth-order valence-corrected chi connectivity index (χ4v) is 2.26. The third-order valence-electron chi connectivity index (χ3n) is 3.29. The molecular weight excluding hydrogens is 294 g/mol. The van der Waals surface area contributed by atoms with E-state index in [0.717, 1.165) is 0 Å². The van der Waals surface area contributed by atoms with E-state index in [0.29, 0.717) is 11.4 Å². The van der Waals surface area contributed by atoms with Gasteiger partial charge < -0.3 is 10.1 Å². The standard InChI is InChI=1S/C17H13N3O3/c21-16(14-15(17(22)23)19-11-18-14)20(12-7-3-1-4-8-12)13-9-5-2-6-10-13/h1-11H,(H,18,19)(H,22,23). The van der Waals surface area contributed by atoms with Crippen LogP contribution in [0.1, 0.15) is 21.0 Å². The third kappa shape index (κ3) is 2.82. The predicted molar refractivity (Wildman–Crippen MR) is 84.9 cm³/mol. The minimum atomic E-state index is -1.23. The van der Waals surface area contributed by atoms with Crippen molar-refractivity contribution in [2.24, 2.45) is 0 Å². The molecule has 1 heterocycles. The number of nitrogens with one attached hydrogen (secondary N) is 1. The summed E-state index contributed by atoms with van der Waals surface area (Å²) in [6.07, 6.45) is 1.20. The number of hydrogen-bond acceptors (Lipinski definition) is 3. The highest BCUT2D eigenvalue weighted by atomic mass is 16.4. The molecule has 114 valence electrons. The molecule has 0 aliphatic rings. The van der Waals surface area contributed by atoms with E-state index in [1.165, 1.54) is 11.2 Å². The average Bonchev–Trinajstić information content (AvgIpc) is 3.07. The summed E-state index contributed by atoms with van der Waals surface area (Å²) < 4.78 is 0. The van der Waals surface area contributed by atoms with Crippen molar-refractivity contribution >= 4 is 23.3 Å². The van der Waals surface area contributed by atoms with Crippen LogP contribution in [-0.2, 0) is 0 Å². The minimum Gasteiger partial charge on any atom is -0.477 e. The zero-order valence-electron chi connectivity index (χ0n) is 12.0. The van der Waals surface area contributed by atoms with Crippen molar-refractivity contribution in [2.45, 2.75) is 0 Å². The second-order valence-electron chi connectivity index (χ2n) is 4.74. The van der Waals surface area contributed by atoms with E-state index in [1.54, 1.807) is 48.5 Å². The molecule has 0 saturated heterocycles. The molecule has 3 rings (SSSR count). The second-order valence-corrected chi connectivity index (χ2v) is 4.74. The lowest BCUT2D eigenvalue weighted by molar-refractivity contribution is 0.0686. The molecule has 23 heavy (non-hydrogen) atoms. The molecule has 0 unspecified atom stereocenters. The van der Waals surface area contributed by atoms with Crippen LogP contribution in [0.25, 0.3) is 0 Å². The van der Waals surface area contributed by atoms with Crippen LogP contribution in [0.5, 0.6) is 0 Å². The minimum absolute atomic E-state index is 0.134. The number of carboxylic acid groups (broad SMARTS) is 1. The first-order valence-electron chi connectivity index (χ1n) is 6.89. The molecule has 0 saturated carbocycles. The van der Waals surface area contributed by atoms with Gasteiger partial charge in [-0.1, -0.05) is 36.4 Å². The lowest BCUT2D eigenvalue weighted by atomic mass is 10.2. The van der Waals surface area contributed by atoms with E-state index in [1.807, 2.05) is 12.1 Å². The third-order valence-corrected chi connectivity index (χ3v) is 3.29. The molecule has 2 N–H and O–H groups in total. The van der Waals surface area contributed by atoms with Crippen molar-refractivity contribution in [1.82, 2.24) is 9.97 Å².